The lowest BCUT2D eigenvalue weighted by Crippen LogP contribution is -2.39. The van der Waals surface area contributed by atoms with Crippen molar-refractivity contribution in [3.8, 4) is 0 Å². The molecule has 0 fully saturated rings. The van der Waals surface area contributed by atoms with Crippen LogP contribution in [0.2, 0.25) is 0 Å². The van der Waals surface area contributed by atoms with Crippen molar-refractivity contribution in [3.05, 3.63) is 68.7 Å². The van der Waals surface area contributed by atoms with Crippen molar-refractivity contribution in [1.29, 1.82) is 0 Å². The first kappa shape index (κ1) is 17.2. The van der Waals surface area contributed by atoms with Crippen molar-refractivity contribution in [2.45, 2.75) is 18.9 Å². The smallest absolute Gasteiger partial charge is 0.278 e. The Morgan fingerprint density at radius 2 is 2.00 bits per heavy atom. The minimum Gasteiger partial charge on any atom is -0.368 e. The number of nitrogens with two attached hydrogens (primary N) is 1. The van der Waals surface area contributed by atoms with Gasteiger partial charge in [0.05, 0.1) is 5.39 Å². The molecule has 0 spiro atoms. The summed E-state index contributed by atoms with van der Waals surface area (Å²) in [5, 5.41) is 8.22. The van der Waals surface area contributed by atoms with E-state index in [1.54, 1.807) is 37.3 Å². The number of hydrogen-bond acceptors (Lipinski definition) is 4. The average molecular weight is 405 g/mol. The van der Waals surface area contributed by atoms with Crippen molar-refractivity contribution in [3.63, 3.8) is 0 Å². The van der Waals surface area contributed by atoms with E-state index in [9.17, 15) is 14.0 Å². The highest BCUT2D eigenvalue weighted by molar-refractivity contribution is 9.10. The molecule has 25 heavy (non-hydrogen) atoms. The summed E-state index contributed by atoms with van der Waals surface area (Å²) in [5.74, 6) is -1.67. The van der Waals surface area contributed by atoms with E-state index in [-0.39, 0.29) is 0 Å². The lowest BCUT2D eigenvalue weighted by Gasteiger charge is -2.23. The van der Waals surface area contributed by atoms with Gasteiger partial charge in [0.25, 0.3) is 5.56 Å². The van der Waals surface area contributed by atoms with Crippen molar-refractivity contribution < 1.29 is 9.18 Å². The molecule has 3 rings (SSSR count). The Bertz CT molecular complexity index is 1020. The van der Waals surface area contributed by atoms with E-state index in [0.717, 1.165) is 4.68 Å². The molecule has 2 atom stereocenters. The van der Waals surface area contributed by atoms with Gasteiger partial charge in [-0.25, -0.2) is 4.39 Å². The Morgan fingerprint density at radius 1 is 1.28 bits per heavy atom. The van der Waals surface area contributed by atoms with Crippen LogP contribution < -0.4 is 11.3 Å². The molecule has 128 valence electrons. The van der Waals surface area contributed by atoms with Gasteiger partial charge in [-0.05, 0) is 29.8 Å². The molecule has 0 saturated heterocycles. The quantitative estimate of drug-likeness (QED) is 0.722. The summed E-state index contributed by atoms with van der Waals surface area (Å²) < 4.78 is 14.8. The average Bonchev–Trinajstić information content (AvgIpc) is 2.57. The lowest BCUT2D eigenvalue weighted by atomic mass is 9.92. The standard InChI is InChI=1S/C17H14BrFN4O2/c1-9(11-7-6-10(19)8-13(11)18)15(16(20)24)23-17(25)12-4-2-3-5-14(12)21-22-23/h2-9,15H,1H3,(H2,20,24). The van der Waals surface area contributed by atoms with Crippen LogP contribution in [0.15, 0.2) is 51.7 Å². The number of fused-ring (bicyclic) bond motifs is 1. The van der Waals surface area contributed by atoms with Gasteiger partial charge in [0, 0.05) is 10.4 Å². The van der Waals surface area contributed by atoms with Crippen LogP contribution in [0, 0.1) is 5.82 Å². The summed E-state index contributed by atoms with van der Waals surface area (Å²) in [6.45, 7) is 1.72. The molecule has 2 N–H and O–H groups in total. The Balaban J connectivity index is 2.15. The van der Waals surface area contributed by atoms with Crippen LogP contribution in [-0.4, -0.2) is 20.9 Å². The molecule has 0 aliphatic heterocycles. The molecular weight excluding hydrogens is 391 g/mol. The zero-order valence-corrected chi connectivity index (χ0v) is 14.8. The predicted molar refractivity (Wildman–Crippen MR) is 94.5 cm³/mol. The summed E-state index contributed by atoms with van der Waals surface area (Å²) >= 11 is 3.28. The van der Waals surface area contributed by atoms with Crippen LogP contribution in [0.3, 0.4) is 0 Å². The summed E-state index contributed by atoms with van der Waals surface area (Å²) in [6, 6.07) is 9.76. The molecule has 0 radical (unpaired) electrons. The Kier molecular flexibility index (Phi) is 4.63. The van der Waals surface area contributed by atoms with E-state index in [2.05, 4.69) is 26.2 Å². The van der Waals surface area contributed by atoms with E-state index in [4.69, 9.17) is 5.73 Å². The maximum atomic E-state index is 13.3. The second kappa shape index (κ2) is 6.72. The van der Waals surface area contributed by atoms with Gasteiger partial charge in [-0.3, -0.25) is 9.59 Å². The summed E-state index contributed by atoms with van der Waals surface area (Å²) in [4.78, 5) is 24.8. The van der Waals surface area contributed by atoms with Gasteiger partial charge in [-0.1, -0.05) is 46.3 Å². The number of carbonyl (C=O) groups is 1. The fourth-order valence-electron chi connectivity index (χ4n) is 2.80. The molecule has 6 nitrogen and oxygen atoms in total. The molecule has 1 heterocycles. The Hall–Kier alpha value is -2.61. The van der Waals surface area contributed by atoms with Crippen molar-refractivity contribution in [2.75, 3.05) is 0 Å². The first-order valence-corrected chi connectivity index (χ1v) is 8.28. The zero-order valence-electron chi connectivity index (χ0n) is 13.2. The molecule has 3 aromatic rings. The minimum atomic E-state index is -1.06. The maximum absolute atomic E-state index is 13.3. The second-order valence-electron chi connectivity index (χ2n) is 5.66. The summed E-state index contributed by atoms with van der Waals surface area (Å²) in [6.07, 6.45) is 0. The SMILES string of the molecule is CC(c1ccc(F)cc1Br)C(C(N)=O)n1nnc2ccccc2c1=O. The third kappa shape index (κ3) is 3.17. The normalized spacial score (nSPS) is 13.6. The number of benzene rings is 2. The number of amides is 1. The van der Waals surface area contributed by atoms with E-state index in [1.165, 1.54) is 12.1 Å². The molecule has 1 aromatic heterocycles. The van der Waals surface area contributed by atoms with Crippen LogP contribution >= 0.6 is 15.9 Å². The first-order chi connectivity index (χ1) is 11.9. The topological polar surface area (TPSA) is 90.9 Å². The fraction of sp³-hybridized carbons (Fsp3) is 0.176. The number of hydrogen-bond donors (Lipinski definition) is 1. The second-order valence-corrected chi connectivity index (χ2v) is 6.51. The van der Waals surface area contributed by atoms with Crippen LogP contribution in [0.25, 0.3) is 10.9 Å². The molecule has 8 heteroatoms. The fourth-order valence-corrected chi connectivity index (χ4v) is 3.52. The molecule has 0 saturated carbocycles. The third-order valence-corrected chi connectivity index (χ3v) is 4.76. The molecule has 0 bridgehead atoms. The summed E-state index contributed by atoms with van der Waals surface area (Å²) in [7, 11) is 0. The molecule has 0 aliphatic rings. The van der Waals surface area contributed by atoms with Gasteiger partial charge in [-0.2, -0.15) is 4.68 Å². The molecule has 1 amide bonds. The molecular formula is C17H14BrFN4O2. The van der Waals surface area contributed by atoms with E-state index in [0.29, 0.717) is 20.9 Å². The lowest BCUT2D eigenvalue weighted by molar-refractivity contribution is -0.122. The van der Waals surface area contributed by atoms with Gasteiger partial charge >= 0.3 is 0 Å². The van der Waals surface area contributed by atoms with E-state index < -0.39 is 29.2 Å². The highest BCUT2D eigenvalue weighted by Gasteiger charge is 2.30. The van der Waals surface area contributed by atoms with E-state index >= 15 is 0 Å². The monoisotopic (exact) mass is 404 g/mol. The number of aromatic nitrogens is 3. The van der Waals surface area contributed by atoms with Gasteiger partial charge in [0.15, 0.2) is 0 Å². The highest BCUT2D eigenvalue weighted by atomic mass is 79.9. The van der Waals surface area contributed by atoms with Crippen LogP contribution in [0.1, 0.15) is 24.4 Å². The largest absolute Gasteiger partial charge is 0.368 e. The maximum Gasteiger partial charge on any atom is 0.278 e. The van der Waals surface area contributed by atoms with Gasteiger partial charge in [0.2, 0.25) is 5.91 Å². The van der Waals surface area contributed by atoms with Gasteiger partial charge in [-0.15, -0.1) is 5.10 Å². The number of rotatable bonds is 4. The van der Waals surface area contributed by atoms with Crippen LogP contribution in [0.5, 0.6) is 0 Å². The Morgan fingerprint density at radius 3 is 2.68 bits per heavy atom. The summed E-state index contributed by atoms with van der Waals surface area (Å²) in [5.41, 5.74) is 6.15. The predicted octanol–water partition coefficient (Wildman–Crippen LogP) is 2.52. The van der Waals surface area contributed by atoms with Crippen LogP contribution in [-0.2, 0) is 4.79 Å². The number of nitrogens with zero attached hydrogens (tertiary/aromatic N) is 3. The minimum absolute atomic E-state index is 0.342. The number of carbonyl (C=O) groups excluding carboxylic acids is 1. The number of primary amides is 1. The highest BCUT2D eigenvalue weighted by Crippen LogP contribution is 2.32. The Labute approximate surface area is 150 Å². The van der Waals surface area contributed by atoms with Gasteiger partial charge < -0.3 is 5.73 Å². The first-order valence-electron chi connectivity index (χ1n) is 7.48. The zero-order chi connectivity index (χ0) is 18.1. The van der Waals surface area contributed by atoms with E-state index in [1.807, 2.05) is 0 Å². The molecule has 0 aliphatic carbocycles. The van der Waals surface area contributed by atoms with Crippen molar-refractivity contribution in [2.24, 2.45) is 5.73 Å². The molecule has 2 aromatic carbocycles. The van der Waals surface area contributed by atoms with Crippen molar-refractivity contribution in [1.82, 2.24) is 15.0 Å². The van der Waals surface area contributed by atoms with Crippen molar-refractivity contribution >= 4 is 32.7 Å². The van der Waals surface area contributed by atoms with Gasteiger partial charge in [0.1, 0.15) is 17.4 Å². The third-order valence-electron chi connectivity index (χ3n) is 4.07. The molecule has 2 unspecified atom stereocenters. The van der Waals surface area contributed by atoms with Crippen LogP contribution in [0.4, 0.5) is 4.39 Å². The number of halogens is 2.